The van der Waals surface area contributed by atoms with Gasteiger partial charge in [-0.2, -0.15) is 0 Å². The van der Waals surface area contributed by atoms with Crippen molar-refractivity contribution < 1.29 is 26.0 Å². The average molecular weight is 339 g/mol. The van der Waals surface area contributed by atoms with Crippen LogP contribution in [-0.4, -0.2) is 43.4 Å². The molecule has 21 heavy (non-hydrogen) atoms. The molecule has 0 aliphatic carbocycles. The largest absolute Gasteiger partial charge is 0.385 e. The molecule has 1 aromatic carbocycles. The van der Waals surface area contributed by atoms with Crippen molar-refractivity contribution in [2.45, 2.75) is 22.6 Å². The lowest BCUT2D eigenvalue weighted by atomic mass is 10.3. The number of unbranched alkanes of at least 4 members (excludes halogenated alkanes) is 1. The van der Waals surface area contributed by atoms with Crippen molar-refractivity contribution in [3.05, 3.63) is 24.0 Å². The second-order valence-corrected chi connectivity index (χ2v) is 8.21. The van der Waals surface area contributed by atoms with Gasteiger partial charge in [0.1, 0.15) is 10.7 Å². The van der Waals surface area contributed by atoms with E-state index in [0.717, 1.165) is 24.5 Å². The third-order valence-electron chi connectivity index (χ3n) is 2.69. The van der Waals surface area contributed by atoms with Crippen molar-refractivity contribution in [2.24, 2.45) is 0 Å². The SMILES string of the molecule is COCCCCNS(=O)(=O)c1cc(S(C)(=O)=O)ccc1F. The Labute approximate surface area is 124 Å². The van der Waals surface area contributed by atoms with Crippen LogP contribution in [0.1, 0.15) is 12.8 Å². The third-order valence-corrected chi connectivity index (χ3v) is 5.27. The van der Waals surface area contributed by atoms with E-state index in [9.17, 15) is 21.2 Å². The average Bonchev–Trinajstić information content (AvgIpc) is 2.37. The Morgan fingerprint density at radius 1 is 1.19 bits per heavy atom. The Bertz CT molecular complexity index is 686. The van der Waals surface area contributed by atoms with Crippen LogP contribution in [0.5, 0.6) is 0 Å². The topological polar surface area (TPSA) is 89.5 Å². The second kappa shape index (κ2) is 7.30. The smallest absolute Gasteiger partial charge is 0.243 e. The Morgan fingerprint density at radius 3 is 2.43 bits per heavy atom. The Kier molecular flexibility index (Phi) is 6.26. The van der Waals surface area contributed by atoms with Gasteiger partial charge in [0, 0.05) is 26.5 Å². The Morgan fingerprint density at radius 2 is 1.86 bits per heavy atom. The fraction of sp³-hybridized carbons (Fsp3) is 0.500. The van der Waals surface area contributed by atoms with Gasteiger partial charge in [0.05, 0.1) is 4.90 Å². The summed E-state index contributed by atoms with van der Waals surface area (Å²) in [5.41, 5.74) is 0. The predicted octanol–water partition coefficient (Wildman–Crippen LogP) is 0.934. The van der Waals surface area contributed by atoms with Gasteiger partial charge in [-0.05, 0) is 31.0 Å². The summed E-state index contributed by atoms with van der Waals surface area (Å²) < 4.78 is 67.5. The summed E-state index contributed by atoms with van der Waals surface area (Å²) in [4.78, 5) is -0.916. The summed E-state index contributed by atoms with van der Waals surface area (Å²) in [7, 11) is -6.16. The Balaban J connectivity index is 2.92. The monoisotopic (exact) mass is 339 g/mol. The van der Waals surface area contributed by atoms with Gasteiger partial charge < -0.3 is 4.74 Å². The van der Waals surface area contributed by atoms with Gasteiger partial charge in [0.25, 0.3) is 0 Å². The van der Waals surface area contributed by atoms with E-state index in [1.165, 1.54) is 7.11 Å². The van der Waals surface area contributed by atoms with Crippen molar-refractivity contribution in [2.75, 3.05) is 26.5 Å². The summed E-state index contributed by atoms with van der Waals surface area (Å²) in [6.07, 6.45) is 2.11. The fourth-order valence-corrected chi connectivity index (χ4v) is 3.47. The van der Waals surface area contributed by atoms with Crippen LogP contribution in [0.25, 0.3) is 0 Å². The lowest BCUT2D eigenvalue weighted by Crippen LogP contribution is -2.26. The molecule has 0 aromatic heterocycles. The van der Waals surface area contributed by atoms with Crippen molar-refractivity contribution in [1.82, 2.24) is 4.72 Å². The maximum Gasteiger partial charge on any atom is 0.243 e. The highest BCUT2D eigenvalue weighted by atomic mass is 32.2. The van der Waals surface area contributed by atoms with Crippen LogP contribution in [0.3, 0.4) is 0 Å². The molecule has 6 nitrogen and oxygen atoms in total. The van der Waals surface area contributed by atoms with E-state index in [1.54, 1.807) is 0 Å². The van der Waals surface area contributed by atoms with Gasteiger partial charge >= 0.3 is 0 Å². The number of rotatable bonds is 8. The number of methoxy groups -OCH3 is 1. The number of ether oxygens (including phenoxy) is 1. The summed E-state index contributed by atoms with van der Waals surface area (Å²) in [5.74, 6) is -0.994. The molecule has 0 aliphatic rings. The van der Waals surface area contributed by atoms with Crippen LogP contribution >= 0.6 is 0 Å². The van der Waals surface area contributed by atoms with Gasteiger partial charge in [0.15, 0.2) is 9.84 Å². The van der Waals surface area contributed by atoms with Crippen molar-refractivity contribution in [3.8, 4) is 0 Å². The van der Waals surface area contributed by atoms with Crippen molar-refractivity contribution in [1.29, 1.82) is 0 Å². The molecule has 0 amide bonds. The third kappa shape index (κ3) is 5.34. The standard InChI is InChI=1S/C12H18FNO5S2/c1-19-8-4-3-7-14-21(17,18)12-9-10(20(2,15)16)5-6-11(12)13/h5-6,9,14H,3-4,7-8H2,1-2H3. The number of halogens is 1. The molecule has 0 fully saturated rings. The van der Waals surface area contributed by atoms with Gasteiger partial charge in [-0.25, -0.2) is 25.9 Å². The molecular weight excluding hydrogens is 321 g/mol. The molecule has 0 bridgehead atoms. The molecule has 1 N–H and O–H groups in total. The first kappa shape index (κ1) is 18.0. The fourth-order valence-electron chi connectivity index (χ4n) is 1.58. The molecule has 0 saturated heterocycles. The van der Waals surface area contributed by atoms with E-state index < -0.39 is 30.6 Å². The van der Waals surface area contributed by atoms with E-state index in [-0.39, 0.29) is 11.4 Å². The highest BCUT2D eigenvalue weighted by Crippen LogP contribution is 2.19. The molecule has 0 radical (unpaired) electrons. The summed E-state index contributed by atoms with van der Waals surface area (Å²) >= 11 is 0. The first-order chi connectivity index (χ1) is 9.68. The number of sulfone groups is 1. The summed E-state index contributed by atoms with van der Waals surface area (Å²) in [6, 6.07) is 2.68. The molecule has 0 atom stereocenters. The van der Waals surface area contributed by atoms with Crippen LogP contribution in [0, 0.1) is 5.82 Å². The molecule has 0 unspecified atom stereocenters. The van der Waals surface area contributed by atoms with Gasteiger partial charge in [-0.1, -0.05) is 0 Å². The van der Waals surface area contributed by atoms with Crippen molar-refractivity contribution in [3.63, 3.8) is 0 Å². The molecule has 0 spiro atoms. The zero-order valence-corrected chi connectivity index (χ0v) is 13.4. The lowest BCUT2D eigenvalue weighted by molar-refractivity contribution is 0.193. The number of hydrogen-bond acceptors (Lipinski definition) is 5. The van der Waals surface area contributed by atoms with Gasteiger partial charge in [0.2, 0.25) is 10.0 Å². The summed E-state index contributed by atoms with van der Waals surface area (Å²) in [5, 5.41) is 0. The molecule has 0 heterocycles. The highest BCUT2D eigenvalue weighted by Gasteiger charge is 2.21. The normalized spacial score (nSPS) is 12.5. The second-order valence-electron chi connectivity index (χ2n) is 4.46. The zero-order chi connectivity index (χ0) is 16.1. The minimum absolute atomic E-state index is 0.119. The van der Waals surface area contributed by atoms with E-state index in [4.69, 9.17) is 4.74 Å². The van der Waals surface area contributed by atoms with E-state index in [2.05, 4.69) is 4.72 Å². The number of nitrogens with one attached hydrogen (secondary N) is 1. The summed E-state index contributed by atoms with van der Waals surface area (Å²) in [6.45, 7) is 0.619. The minimum Gasteiger partial charge on any atom is -0.385 e. The molecule has 0 aliphatic heterocycles. The zero-order valence-electron chi connectivity index (χ0n) is 11.8. The molecular formula is C12H18FNO5S2. The first-order valence-electron chi connectivity index (χ1n) is 6.16. The van der Waals surface area contributed by atoms with E-state index in [0.29, 0.717) is 19.4 Å². The molecule has 1 aromatic rings. The number of sulfonamides is 1. The molecule has 1 rings (SSSR count). The van der Waals surface area contributed by atoms with Crippen LogP contribution in [-0.2, 0) is 24.6 Å². The number of hydrogen-bond donors (Lipinski definition) is 1. The quantitative estimate of drug-likeness (QED) is 0.562. The van der Waals surface area contributed by atoms with E-state index in [1.807, 2.05) is 0 Å². The lowest BCUT2D eigenvalue weighted by Gasteiger charge is -2.09. The van der Waals surface area contributed by atoms with Gasteiger partial charge in [-0.15, -0.1) is 0 Å². The first-order valence-corrected chi connectivity index (χ1v) is 9.54. The maximum absolute atomic E-state index is 13.6. The van der Waals surface area contributed by atoms with E-state index >= 15 is 0 Å². The minimum atomic E-state index is -4.09. The van der Waals surface area contributed by atoms with Crippen LogP contribution in [0.2, 0.25) is 0 Å². The maximum atomic E-state index is 13.6. The Hall–Kier alpha value is -1.03. The number of benzene rings is 1. The predicted molar refractivity (Wildman–Crippen MR) is 75.8 cm³/mol. The molecule has 120 valence electrons. The van der Waals surface area contributed by atoms with Gasteiger partial charge in [-0.3, -0.25) is 0 Å². The van der Waals surface area contributed by atoms with Crippen LogP contribution in [0.15, 0.2) is 28.0 Å². The molecule has 9 heteroatoms. The molecule has 0 saturated carbocycles. The van der Waals surface area contributed by atoms with Crippen molar-refractivity contribution >= 4 is 19.9 Å². The van der Waals surface area contributed by atoms with Crippen LogP contribution in [0.4, 0.5) is 4.39 Å². The highest BCUT2D eigenvalue weighted by molar-refractivity contribution is 7.91. The van der Waals surface area contributed by atoms with Crippen LogP contribution < -0.4 is 4.72 Å².